The highest BCUT2D eigenvalue weighted by Gasteiger charge is 2.54. The first-order valence-electron chi connectivity index (χ1n) is 10.9. The molecule has 31 heavy (non-hydrogen) atoms. The molecule has 0 N–H and O–H groups in total. The summed E-state index contributed by atoms with van der Waals surface area (Å²) < 4.78 is 20.7. The molecule has 2 aromatic rings. The molecule has 1 saturated carbocycles. The van der Waals surface area contributed by atoms with Gasteiger partial charge in [0.25, 0.3) is 5.91 Å². The zero-order valence-electron chi connectivity index (χ0n) is 18.1. The van der Waals surface area contributed by atoms with Gasteiger partial charge in [-0.3, -0.25) is 14.5 Å². The lowest BCUT2D eigenvalue weighted by Gasteiger charge is -2.43. The van der Waals surface area contributed by atoms with Crippen molar-refractivity contribution in [1.82, 2.24) is 9.80 Å². The van der Waals surface area contributed by atoms with E-state index in [2.05, 4.69) is 6.92 Å². The SMILES string of the molecule is C[C@H]1CCC[C@@]2(C1)OC[C@@H](C(=O)N(C)Cc1ccccc1)N2C(=O)c1ccccc1F. The first-order chi connectivity index (χ1) is 14.9. The minimum Gasteiger partial charge on any atom is -0.353 e. The summed E-state index contributed by atoms with van der Waals surface area (Å²) in [5, 5.41) is 0. The fourth-order valence-electron chi connectivity index (χ4n) is 4.95. The van der Waals surface area contributed by atoms with Gasteiger partial charge in [0.05, 0.1) is 12.2 Å². The lowest BCUT2D eigenvalue weighted by molar-refractivity contribution is -0.137. The van der Waals surface area contributed by atoms with Gasteiger partial charge >= 0.3 is 0 Å². The molecule has 5 nitrogen and oxygen atoms in total. The van der Waals surface area contributed by atoms with Crippen molar-refractivity contribution in [2.45, 2.75) is 50.9 Å². The summed E-state index contributed by atoms with van der Waals surface area (Å²) >= 11 is 0. The largest absolute Gasteiger partial charge is 0.353 e. The van der Waals surface area contributed by atoms with E-state index in [-0.39, 0.29) is 18.1 Å². The summed E-state index contributed by atoms with van der Waals surface area (Å²) in [4.78, 5) is 30.2. The number of ether oxygens (including phenoxy) is 1. The van der Waals surface area contributed by atoms with Gasteiger partial charge in [-0.1, -0.05) is 55.8 Å². The summed E-state index contributed by atoms with van der Waals surface area (Å²) in [6.07, 6.45) is 3.27. The van der Waals surface area contributed by atoms with E-state index in [0.29, 0.717) is 25.3 Å². The summed E-state index contributed by atoms with van der Waals surface area (Å²) in [5.74, 6) is -0.886. The van der Waals surface area contributed by atoms with E-state index in [9.17, 15) is 14.0 Å². The van der Waals surface area contributed by atoms with Gasteiger partial charge in [0.2, 0.25) is 5.91 Å². The number of hydrogen-bond acceptors (Lipinski definition) is 3. The Hall–Kier alpha value is -2.73. The molecule has 4 rings (SSSR count). The predicted molar refractivity (Wildman–Crippen MR) is 116 cm³/mol. The molecule has 3 atom stereocenters. The van der Waals surface area contributed by atoms with E-state index in [4.69, 9.17) is 4.74 Å². The molecule has 164 valence electrons. The maximum absolute atomic E-state index is 14.5. The fraction of sp³-hybridized carbons (Fsp3) is 0.440. The zero-order chi connectivity index (χ0) is 22.0. The van der Waals surface area contributed by atoms with Gasteiger partial charge in [-0.05, 0) is 42.9 Å². The third-order valence-corrected chi connectivity index (χ3v) is 6.44. The highest BCUT2D eigenvalue weighted by atomic mass is 19.1. The Labute approximate surface area is 182 Å². The second-order valence-corrected chi connectivity index (χ2v) is 8.81. The molecule has 0 bridgehead atoms. The normalized spacial score (nSPS) is 25.6. The fourth-order valence-corrected chi connectivity index (χ4v) is 4.95. The van der Waals surface area contributed by atoms with Gasteiger partial charge in [0.15, 0.2) is 0 Å². The Morgan fingerprint density at radius 1 is 1.16 bits per heavy atom. The van der Waals surface area contributed by atoms with Gasteiger partial charge in [0.1, 0.15) is 17.6 Å². The maximum atomic E-state index is 14.5. The molecule has 0 aromatic heterocycles. The van der Waals surface area contributed by atoms with Crippen molar-refractivity contribution in [3.8, 4) is 0 Å². The smallest absolute Gasteiger partial charge is 0.259 e. The number of likely N-dealkylation sites (N-methyl/N-ethyl adjacent to an activating group) is 1. The Morgan fingerprint density at radius 2 is 1.87 bits per heavy atom. The van der Waals surface area contributed by atoms with Gasteiger partial charge in [0, 0.05) is 13.6 Å². The van der Waals surface area contributed by atoms with Crippen LogP contribution in [-0.2, 0) is 16.1 Å². The third kappa shape index (κ3) is 4.22. The molecule has 2 fully saturated rings. The average Bonchev–Trinajstić information content (AvgIpc) is 3.11. The third-order valence-electron chi connectivity index (χ3n) is 6.44. The molecule has 1 spiro atoms. The number of rotatable bonds is 4. The van der Waals surface area contributed by atoms with E-state index in [1.165, 1.54) is 12.1 Å². The van der Waals surface area contributed by atoms with Crippen molar-refractivity contribution < 1.29 is 18.7 Å². The summed E-state index contributed by atoms with van der Waals surface area (Å²) in [6, 6.07) is 14.9. The van der Waals surface area contributed by atoms with Crippen LogP contribution >= 0.6 is 0 Å². The van der Waals surface area contributed by atoms with E-state index >= 15 is 0 Å². The maximum Gasteiger partial charge on any atom is 0.259 e. The average molecular weight is 425 g/mol. The van der Waals surface area contributed by atoms with Crippen LogP contribution in [-0.4, -0.2) is 47.0 Å². The van der Waals surface area contributed by atoms with Crippen LogP contribution in [0.15, 0.2) is 54.6 Å². The van der Waals surface area contributed by atoms with Crippen molar-refractivity contribution in [3.63, 3.8) is 0 Å². The van der Waals surface area contributed by atoms with Crippen molar-refractivity contribution in [3.05, 3.63) is 71.5 Å². The predicted octanol–water partition coefficient (Wildman–Crippen LogP) is 4.23. The van der Waals surface area contributed by atoms with Crippen LogP contribution in [0.5, 0.6) is 0 Å². The molecule has 2 aliphatic rings. The van der Waals surface area contributed by atoms with Gasteiger partial charge < -0.3 is 9.64 Å². The molecule has 1 saturated heterocycles. The summed E-state index contributed by atoms with van der Waals surface area (Å²) in [6.45, 7) is 2.69. The Bertz CT molecular complexity index is 951. The van der Waals surface area contributed by atoms with Crippen LogP contribution in [0.25, 0.3) is 0 Å². The molecular weight excluding hydrogens is 395 g/mol. The summed E-state index contributed by atoms with van der Waals surface area (Å²) in [7, 11) is 1.73. The molecule has 1 aliphatic heterocycles. The molecule has 0 unspecified atom stereocenters. The highest BCUT2D eigenvalue weighted by molar-refractivity contribution is 5.98. The lowest BCUT2D eigenvalue weighted by Crippen LogP contribution is -2.57. The van der Waals surface area contributed by atoms with Crippen LogP contribution in [0.3, 0.4) is 0 Å². The van der Waals surface area contributed by atoms with E-state index in [0.717, 1.165) is 18.4 Å². The zero-order valence-corrected chi connectivity index (χ0v) is 18.1. The quantitative estimate of drug-likeness (QED) is 0.738. The van der Waals surface area contributed by atoms with Crippen LogP contribution in [0, 0.1) is 11.7 Å². The van der Waals surface area contributed by atoms with Crippen molar-refractivity contribution in [2.75, 3.05) is 13.7 Å². The number of carbonyl (C=O) groups excluding carboxylic acids is 2. The minimum atomic E-state index is -0.856. The highest BCUT2D eigenvalue weighted by Crippen LogP contribution is 2.43. The van der Waals surface area contributed by atoms with Crippen LogP contribution in [0.1, 0.15) is 48.5 Å². The Morgan fingerprint density at radius 3 is 2.58 bits per heavy atom. The number of benzene rings is 2. The molecule has 1 heterocycles. The molecule has 0 radical (unpaired) electrons. The molecule has 6 heteroatoms. The van der Waals surface area contributed by atoms with Crippen LogP contribution in [0.4, 0.5) is 4.39 Å². The van der Waals surface area contributed by atoms with E-state index in [1.54, 1.807) is 29.0 Å². The van der Waals surface area contributed by atoms with E-state index in [1.807, 2.05) is 30.3 Å². The first kappa shape index (κ1) is 21.5. The standard InChI is InChI=1S/C25H29FN2O3/c1-18-9-8-14-25(15-18)28(23(29)20-12-6-7-13-21(20)26)22(17-31-25)24(30)27(2)16-19-10-4-3-5-11-19/h3-7,10-13,18,22H,8-9,14-17H2,1-2H3/t18-,22-,25-/m0/s1. The van der Waals surface area contributed by atoms with Crippen molar-refractivity contribution >= 4 is 11.8 Å². The Kier molecular flexibility index (Phi) is 6.10. The number of amides is 2. The second kappa shape index (κ2) is 8.79. The monoisotopic (exact) mass is 424 g/mol. The van der Waals surface area contributed by atoms with Gasteiger partial charge in [-0.25, -0.2) is 4.39 Å². The van der Waals surface area contributed by atoms with E-state index < -0.39 is 23.5 Å². The molecule has 2 aromatic carbocycles. The van der Waals surface area contributed by atoms with Gasteiger partial charge in [-0.15, -0.1) is 0 Å². The van der Waals surface area contributed by atoms with Gasteiger partial charge in [-0.2, -0.15) is 0 Å². The minimum absolute atomic E-state index is 0.0193. The molecule has 1 aliphatic carbocycles. The lowest BCUT2D eigenvalue weighted by atomic mass is 9.83. The number of hydrogen-bond donors (Lipinski definition) is 0. The van der Waals surface area contributed by atoms with Crippen LogP contribution in [0.2, 0.25) is 0 Å². The number of halogens is 1. The van der Waals surface area contributed by atoms with Crippen LogP contribution < -0.4 is 0 Å². The topological polar surface area (TPSA) is 49.9 Å². The molecular formula is C25H29FN2O3. The van der Waals surface area contributed by atoms with Crippen molar-refractivity contribution in [1.29, 1.82) is 0 Å². The second-order valence-electron chi connectivity index (χ2n) is 8.81. The molecule has 2 amide bonds. The number of carbonyl (C=O) groups is 2. The van der Waals surface area contributed by atoms with Crippen molar-refractivity contribution in [2.24, 2.45) is 5.92 Å². The number of nitrogens with zero attached hydrogens (tertiary/aromatic N) is 2. The first-order valence-corrected chi connectivity index (χ1v) is 10.9. The Balaban J connectivity index is 1.65. The summed E-state index contributed by atoms with van der Waals surface area (Å²) in [5.41, 5.74) is 0.129.